The molecule has 1 aromatic carbocycles. The second kappa shape index (κ2) is 5.83. The van der Waals surface area contributed by atoms with Gasteiger partial charge in [0.05, 0.1) is 6.61 Å². The topological polar surface area (TPSA) is 32.3 Å². The smallest absolute Gasteiger partial charge is 0.123 e. The minimum absolute atomic E-state index is 0.0375. The molecule has 3 heteroatoms. The van der Waals surface area contributed by atoms with E-state index in [2.05, 4.69) is 5.32 Å². The third kappa shape index (κ3) is 4.40. The number of aliphatic hydroxyl groups is 1. The van der Waals surface area contributed by atoms with Crippen molar-refractivity contribution >= 4 is 0 Å². The van der Waals surface area contributed by atoms with E-state index in [0.29, 0.717) is 6.04 Å². The second-order valence-electron chi connectivity index (χ2n) is 4.03. The molecule has 1 unspecified atom stereocenters. The third-order valence-corrected chi connectivity index (χ3v) is 2.18. The Labute approximate surface area is 90.1 Å². The Kier molecular flexibility index (Phi) is 4.72. The molecule has 0 amide bonds. The van der Waals surface area contributed by atoms with Crippen molar-refractivity contribution in [1.82, 2.24) is 5.32 Å². The van der Waals surface area contributed by atoms with E-state index in [0.717, 1.165) is 12.0 Å². The lowest BCUT2D eigenvalue weighted by molar-refractivity contribution is 0.234. The average molecular weight is 211 g/mol. The molecule has 2 N–H and O–H groups in total. The van der Waals surface area contributed by atoms with Crippen molar-refractivity contribution in [3.8, 4) is 0 Å². The van der Waals surface area contributed by atoms with Crippen molar-refractivity contribution in [2.75, 3.05) is 6.61 Å². The molecule has 15 heavy (non-hydrogen) atoms. The van der Waals surface area contributed by atoms with Crippen LogP contribution in [0.15, 0.2) is 24.3 Å². The highest BCUT2D eigenvalue weighted by molar-refractivity contribution is 5.17. The maximum Gasteiger partial charge on any atom is 0.123 e. The Morgan fingerprint density at radius 2 is 1.87 bits per heavy atom. The number of aliphatic hydroxyl groups excluding tert-OH is 1. The van der Waals surface area contributed by atoms with Gasteiger partial charge in [-0.05, 0) is 24.1 Å². The normalized spacial score (nSPS) is 13.1. The molecule has 2 nitrogen and oxygen atoms in total. The first-order valence-electron chi connectivity index (χ1n) is 5.23. The molecule has 1 rings (SSSR count). The molecule has 0 saturated carbocycles. The second-order valence-corrected chi connectivity index (χ2v) is 4.03. The quantitative estimate of drug-likeness (QED) is 0.777. The highest BCUT2D eigenvalue weighted by atomic mass is 19.1. The largest absolute Gasteiger partial charge is 0.395 e. The van der Waals surface area contributed by atoms with E-state index in [4.69, 9.17) is 5.11 Å². The molecule has 84 valence electrons. The predicted octanol–water partition coefficient (Wildman–Crippen LogP) is 1.73. The van der Waals surface area contributed by atoms with Crippen molar-refractivity contribution < 1.29 is 9.50 Å². The zero-order chi connectivity index (χ0) is 11.3. The maximum atomic E-state index is 12.7. The summed E-state index contributed by atoms with van der Waals surface area (Å²) in [4.78, 5) is 0. The highest BCUT2D eigenvalue weighted by Gasteiger charge is 2.09. The van der Waals surface area contributed by atoms with E-state index >= 15 is 0 Å². The van der Waals surface area contributed by atoms with Gasteiger partial charge in [-0.15, -0.1) is 0 Å². The third-order valence-electron chi connectivity index (χ3n) is 2.18. The Morgan fingerprint density at radius 3 is 2.33 bits per heavy atom. The van der Waals surface area contributed by atoms with Gasteiger partial charge in [0.15, 0.2) is 0 Å². The fraction of sp³-hybridized carbons (Fsp3) is 0.500. The summed E-state index contributed by atoms with van der Waals surface area (Å²) in [5.41, 5.74) is 1.03. The fourth-order valence-corrected chi connectivity index (χ4v) is 1.55. The molecule has 1 aromatic rings. The van der Waals surface area contributed by atoms with Crippen molar-refractivity contribution in [3.63, 3.8) is 0 Å². The van der Waals surface area contributed by atoms with Crippen LogP contribution in [0.2, 0.25) is 0 Å². The van der Waals surface area contributed by atoms with Gasteiger partial charge >= 0.3 is 0 Å². The van der Waals surface area contributed by atoms with Gasteiger partial charge in [0.25, 0.3) is 0 Å². The Bertz CT molecular complexity index is 284. The lowest BCUT2D eigenvalue weighted by Gasteiger charge is -2.19. The first-order chi connectivity index (χ1) is 7.11. The zero-order valence-corrected chi connectivity index (χ0v) is 9.20. The number of benzene rings is 1. The summed E-state index contributed by atoms with van der Waals surface area (Å²) in [6.45, 7) is 4.16. The molecule has 0 aliphatic carbocycles. The van der Waals surface area contributed by atoms with Gasteiger partial charge < -0.3 is 10.4 Å². The Morgan fingerprint density at radius 1 is 1.27 bits per heavy atom. The van der Waals surface area contributed by atoms with Crippen LogP contribution in [0.25, 0.3) is 0 Å². The molecule has 0 radical (unpaired) electrons. The minimum Gasteiger partial charge on any atom is -0.395 e. The van der Waals surface area contributed by atoms with Crippen molar-refractivity contribution in [1.29, 1.82) is 0 Å². The van der Waals surface area contributed by atoms with Crippen LogP contribution in [0.5, 0.6) is 0 Å². The van der Waals surface area contributed by atoms with E-state index in [1.165, 1.54) is 12.1 Å². The summed E-state index contributed by atoms with van der Waals surface area (Å²) in [5, 5.41) is 12.4. The number of hydrogen-bond donors (Lipinski definition) is 2. The molecule has 1 atom stereocenters. The monoisotopic (exact) mass is 211 g/mol. The molecule has 0 aromatic heterocycles. The maximum absolute atomic E-state index is 12.7. The summed E-state index contributed by atoms with van der Waals surface area (Å²) in [6, 6.07) is 6.76. The SMILES string of the molecule is CC(C)NC(CO)Cc1ccc(F)cc1. The molecular formula is C12H18FNO. The van der Waals surface area contributed by atoms with Crippen LogP contribution in [0.3, 0.4) is 0 Å². The van der Waals surface area contributed by atoms with Gasteiger partial charge in [0.1, 0.15) is 5.82 Å². The van der Waals surface area contributed by atoms with Gasteiger partial charge in [0.2, 0.25) is 0 Å². The minimum atomic E-state index is -0.226. The lowest BCUT2D eigenvalue weighted by Crippen LogP contribution is -2.39. The number of rotatable bonds is 5. The highest BCUT2D eigenvalue weighted by Crippen LogP contribution is 2.06. The van der Waals surface area contributed by atoms with Crippen LogP contribution in [-0.4, -0.2) is 23.8 Å². The van der Waals surface area contributed by atoms with Crippen molar-refractivity contribution in [2.24, 2.45) is 0 Å². The van der Waals surface area contributed by atoms with Gasteiger partial charge in [-0.2, -0.15) is 0 Å². The summed E-state index contributed by atoms with van der Waals surface area (Å²) in [7, 11) is 0. The Hall–Kier alpha value is -0.930. The van der Waals surface area contributed by atoms with Crippen molar-refractivity contribution in [3.05, 3.63) is 35.6 Å². The summed E-state index contributed by atoms with van der Waals surface area (Å²) in [5.74, 6) is -0.226. The van der Waals surface area contributed by atoms with E-state index in [9.17, 15) is 4.39 Å². The zero-order valence-electron chi connectivity index (χ0n) is 9.20. The van der Waals surface area contributed by atoms with Crippen molar-refractivity contribution in [2.45, 2.75) is 32.4 Å². The van der Waals surface area contributed by atoms with E-state index in [1.54, 1.807) is 12.1 Å². The van der Waals surface area contributed by atoms with Crippen LogP contribution < -0.4 is 5.32 Å². The van der Waals surface area contributed by atoms with Crippen LogP contribution in [0.4, 0.5) is 4.39 Å². The summed E-state index contributed by atoms with van der Waals surface area (Å²) in [6.07, 6.45) is 0.717. The summed E-state index contributed by atoms with van der Waals surface area (Å²) < 4.78 is 12.7. The molecule has 0 heterocycles. The van der Waals surface area contributed by atoms with E-state index < -0.39 is 0 Å². The molecule has 0 saturated heterocycles. The van der Waals surface area contributed by atoms with Gasteiger partial charge in [-0.25, -0.2) is 4.39 Å². The molecule has 0 spiro atoms. The molecule has 0 fully saturated rings. The fourth-order valence-electron chi connectivity index (χ4n) is 1.55. The van der Waals surface area contributed by atoms with Crippen LogP contribution in [-0.2, 0) is 6.42 Å². The standard InChI is InChI=1S/C12H18FNO/c1-9(2)14-12(8-15)7-10-3-5-11(13)6-4-10/h3-6,9,12,14-15H,7-8H2,1-2H3. The van der Waals surface area contributed by atoms with Crippen LogP contribution in [0.1, 0.15) is 19.4 Å². The van der Waals surface area contributed by atoms with Gasteiger partial charge in [-0.1, -0.05) is 26.0 Å². The van der Waals surface area contributed by atoms with Gasteiger partial charge in [0, 0.05) is 12.1 Å². The first kappa shape index (κ1) is 12.1. The number of hydrogen-bond acceptors (Lipinski definition) is 2. The molecule has 0 aliphatic heterocycles. The lowest BCUT2D eigenvalue weighted by atomic mass is 10.1. The first-order valence-corrected chi connectivity index (χ1v) is 5.23. The molecule has 0 bridgehead atoms. The molecular weight excluding hydrogens is 193 g/mol. The Balaban J connectivity index is 2.54. The average Bonchev–Trinajstić information content (AvgIpc) is 2.19. The van der Waals surface area contributed by atoms with Crippen LogP contribution >= 0.6 is 0 Å². The molecule has 0 aliphatic rings. The number of halogens is 1. The van der Waals surface area contributed by atoms with Crippen LogP contribution in [0, 0.1) is 5.82 Å². The predicted molar refractivity (Wildman–Crippen MR) is 59.2 cm³/mol. The van der Waals surface area contributed by atoms with E-state index in [1.807, 2.05) is 13.8 Å². The van der Waals surface area contributed by atoms with E-state index in [-0.39, 0.29) is 18.5 Å². The summed E-state index contributed by atoms with van der Waals surface area (Å²) >= 11 is 0. The number of nitrogens with one attached hydrogen (secondary N) is 1. The van der Waals surface area contributed by atoms with Gasteiger partial charge in [-0.3, -0.25) is 0 Å².